The van der Waals surface area contributed by atoms with E-state index in [1.165, 1.54) is 7.11 Å². The lowest BCUT2D eigenvalue weighted by Crippen LogP contribution is -2.04. The van der Waals surface area contributed by atoms with Gasteiger partial charge in [-0.3, -0.25) is 4.79 Å². The minimum atomic E-state index is -0.0989. The van der Waals surface area contributed by atoms with Crippen molar-refractivity contribution in [1.29, 1.82) is 0 Å². The lowest BCUT2D eigenvalue weighted by atomic mass is 10.0. The number of carbonyl (C=O) groups is 1. The molecule has 2 aromatic rings. The fourth-order valence-electron chi connectivity index (χ4n) is 2.01. The summed E-state index contributed by atoms with van der Waals surface area (Å²) < 4.78 is 10.4. The molecule has 0 saturated carbocycles. The van der Waals surface area contributed by atoms with Crippen molar-refractivity contribution in [1.82, 2.24) is 0 Å². The molecule has 5 heteroatoms. The predicted octanol–water partition coefficient (Wildman–Crippen LogP) is 3.02. The SMILES string of the molecule is COc1ccc(C(=O)c2ccc(SCCO)cc2)c(OC)c1. The van der Waals surface area contributed by atoms with Crippen LogP contribution in [0.5, 0.6) is 11.5 Å². The number of aliphatic hydroxyl groups excluding tert-OH is 1. The highest BCUT2D eigenvalue weighted by molar-refractivity contribution is 7.99. The Bertz CT molecular complexity index is 638. The average Bonchev–Trinajstić information content (AvgIpc) is 2.59. The number of rotatable bonds is 7. The van der Waals surface area contributed by atoms with Gasteiger partial charge >= 0.3 is 0 Å². The van der Waals surface area contributed by atoms with E-state index in [-0.39, 0.29) is 12.4 Å². The molecule has 0 aliphatic rings. The first-order chi connectivity index (χ1) is 10.7. The van der Waals surface area contributed by atoms with Crippen molar-refractivity contribution in [2.24, 2.45) is 0 Å². The number of thioether (sulfide) groups is 1. The van der Waals surface area contributed by atoms with Crippen LogP contribution < -0.4 is 9.47 Å². The maximum absolute atomic E-state index is 12.6. The average molecular weight is 318 g/mol. The van der Waals surface area contributed by atoms with Crippen LogP contribution in [-0.2, 0) is 0 Å². The summed E-state index contributed by atoms with van der Waals surface area (Å²) in [5, 5.41) is 8.82. The molecule has 4 nitrogen and oxygen atoms in total. The predicted molar refractivity (Wildman–Crippen MR) is 87.2 cm³/mol. The summed E-state index contributed by atoms with van der Waals surface area (Å²) in [6, 6.07) is 12.5. The van der Waals surface area contributed by atoms with Crippen molar-refractivity contribution < 1.29 is 19.4 Å². The Hall–Kier alpha value is -1.98. The number of benzene rings is 2. The van der Waals surface area contributed by atoms with E-state index in [9.17, 15) is 4.79 Å². The van der Waals surface area contributed by atoms with Crippen molar-refractivity contribution in [3.63, 3.8) is 0 Å². The third kappa shape index (κ3) is 3.81. The maximum Gasteiger partial charge on any atom is 0.196 e. The van der Waals surface area contributed by atoms with E-state index in [1.807, 2.05) is 12.1 Å². The summed E-state index contributed by atoms with van der Waals surface area (Å²) in [4.78, 5) is 13.6. The summed E-state index contributed by atoms with van der Waals surface area (Å²) in [7, 11) is 3.10. The van der Waals surface area contributed by atoms with Gasteiger partial charge in [0.15, 0.2) is 5.78 Å². The second-order valence-corrected chi connectivity index (χ2v) is 5.66. The van der Waals surface area contributed by atoms with E-state index in [0.717, 1.165) is 4.90 Å². The van der Waals surface area contributed by atoms with Crippen LogP contribution in [0.15, 0.2) is 47.4 Å². The Kier molecular flexibility index (Phi) is 5.86. The molecular formula is C17H18O4S. The summed E-state index contributed by atoms with van der Waals surface area (Å²) in [5.74, 6) is 1.67. The Labute approximate surface area is 134 Å². The second kappa shape index (κ2) is 7.87. The van der Waals surface area contributed by atoms with Crippen LogP contribution in [-0.4, -0.2) is 37.5 Å². The molecule has 0 aliphatic carbocycles. The third-order valence-corrected chi connectivity index (χ3v) is 4.12. The molecule has 0 bridgehead atoms. The van der Waals surface area contributed by atoms with Crippen molar-refractivity contribution >= 4 is 17.5 Å². The highest BCUT2D eigenvalue weighted by atomic mass is 32.2. The van der Waals surface area contributed by atoms with Gasteiger partial charge < -0.3 is 14.6 Å². The van der Waals surface area contributed by atoms with Crippen LogP contribution in [0.25, 0.3) is 0 Å². The summed E-state index contributed by atoms with van der Waals surface area (Å²) in [5.41, 5.74) is 1.09. The van der Waals surface area contributed by atoms with Gasteiger partial charge in [0, 0.05) is 22.3 Å². The van der Waals surface area contributed by atoms with Gasteiger partial charge in [0.2, 0.25) is 0 Å². The Balaban J connectivity index is 2.24. The fourth-order valence-corrected chi connectivity index (χ4v) is 2.66. The first kappa shape index (κ1) is 16.4. The van der Waals surface area contributed by atoms with Crippen molar-refractivity contribution in [2.75, 3.05) is 26.6 Å². The minimum absolute atomic E-state index is 0.0989. The molecule has 116 valence electrons. The first-order valence-corrected chi connectivity index (χ1v) is 7.78. The first-order valence-electron chi connectivity index (χ1n) is 6.80. The van der Waals surface area contributed by atoms with Crippen molar-refractivity contribution in [3.8, 4) is 11.5 Å². The van der Waals surface area contributed by atoms with E-state index >= 15 is 0 Å². The summed E-state index contributed by atoms with van der Waals surface area (Å²) >= 11 is 1.55. The molecular weight excluding hydrogens is 300 g/mol. The Morgan fingerprint density at radius 1 is 1.09 bits per heavy atom. The van der Waals surface area contributed by atoms with Gasteiger partial charge in [-0.05, 0) is 36.4 Å². The zero-order chi connectivity index (χ0) is 15.9. The van der Waals surface area contributed by atoms with Gasteiger partial charge in [0.05, 0.1) is 26.4 Å². The van der Waals surface area contributed by atoms with Gasteiger partial charge in [-0.2, -0.15) is 0 Å². The molecule has 2 rings (SSSR count). The molecule has 2 aromatic carbocycles. The van der Waals surface area contributed by atoms with E-state index in [4.69, 9.17) is 14.6 Å². The van der Waals surface area contributed by atoms with Crippen LogP contribution >= 0.6 is 11.8 Å². The maximum atomic E-state index is 12.6. The molecule has 0 saturated heterocycles. The highest BCUT2D eigenvalue weighted by Crippen LogP contribution is 2.27. The number of ether oxygens (including phenoxy) is 2. The largest absolute Gasteiger partial charge is 0.497 e. The Morgan fingerprint density at radius 3 is 2.41 bits per heavy atom. The molecule has 1 N–H and O–H groups in total. The highest BCUT2D eigenvalue weighted by Gasteiger charge is 2.15. The molecule has 0 fully saturated rings. The smallest absolute Gasteiger partial charge is 0.196 e. The van der Waals surface area contributed by atoms with Crippen LogP contribution in [0, 0.1) is 0 Å². The normalized spacial score (nSPS) is 10.3. The van der Waals surface area contributed by atoms with Gasteiger partial charge in [-0.25, -0.2) is 0 Å². The summed E-state index contributed by atoms with van der Waals surface area (Å²) in [6.45, 7) is 0.133. The molecule has 0 aromatic heterocycles. The fraction of sp³-hybridized carbons (Fsp3) is 0.235. The molecule has 0 atom stereocenters. The van der Waals surface area contributed by atoms with E-state index in [0.29, 0.717) is 28.4 Å². The number of ketones is 1. The van der Waals surface area contributed by atoms with Crippen molar-refractivity contribution in [3.05, 3.63) is 53.6 Å². The number of methoxy groups -OCH3 is 2. The number of hydrogen-bond acceptors (Lipinski definition) is 5. The van der Waals surface area contributed by atoms with Crippen molar-refractivity contribution in [2.45, 2.75) is 4.90 Å². The molecule has 0 amide bonds. The molecule has 0 radical (unpaired) electrons. The van der Waals surface area contributed by atoms with E-state index in [2.05, 4.69) is 0 Å². The van der Waals surface area contributed by atoms with Gasteiger partial charge in [-0.1, -0.05) is 0 Å². The number of hydrogen-bond donors (Lipinski definition) is 1. The second-order valence-electron chi connectivity index (χ2n) is 4.49. The monoisotopic (exact) mass is 318 g/mol. The lowest BCUT2D eigenvalue weighted by Gasteiger charge is -2.10. The molecule has 0 unspecified atom stereocenters. The zero-order valence-corrected chi connectivity index (χ0v) is 13.4. The quantitative estimate of drug-likeness (QED) is 0.628. The molecule has 0 aliphatic heterocycles. The van der Waals surface area contributed by atoms with E-state index in [1.54, 1.807) is 49.2 Å². The molecule has 0 spiro atoms. The van der Waals surface area contributed by atoms with Crippen LogP contribution in [0.1, 0.15) is 15.9 Å². The van der Waals surface area contributed by atoms with Crippen LogP contribution in [0.3, 0.4) is 0 Å². The van der Waals surface area contributed by atoms with E-state index < -0.39 is 0 Å². The standard InChI is InChI=1S/C17H18O4S/c1-20-13-5-8-15(16(11-13)21-2)17(19)12-3-6-14(7-4-12)22-10-9-18/h3-8,11,18H,9-10H2,1-2H3. The number of aliphatic hydroxyl groups is 1. The lowest BCUT2D eigenvalue weighted by molar-refractivity contribution is 0.103. The van der Waals surface area contributed by atoms with Gasteiger partial charge in [0.1, 0.15) is 11.5 Å². The molecule has 0 heterocycles. The van der Waals surface area contributed by atoms with Gasteiger partial charge in [-0.15, -0.1) is 11.8 Å². The topological polar surface area (TPSA) is 55.8 Å². The molecule has 22 heavy (non-hydrogen) atoms. The summed E-state index contributed by atoms with van der Waals surface area (Å²) in [6.07, 6.45) is 0. The van der Waals surface area contributed by atoms with Crippen LogP contribution in [0.2, 0.25) is 0 Å². The van der Waals surface area contributed by atoms with Crippen LogP contribution in [0.4, 0.5) is 0 Å². The number of carbonyl (C=O) groups excluding carboxylic acids is 1. The third-order valence-electron chi connectivity index (χ3n) is 3.13. The Morgan fingerprint density at radius 2 is 1.82 bits per heavy atom. The van der Waals surface area contributed by atoms with Gasteiger partial charge in [0.25, 0.3) is 0 Å². The minimum Gasteiger partial charge on any atom is -0.497 e. The zero-order valence-electron chi connectivity index (χ0n) is 12.5.